The van der Waals surface area contributed by atoms with E-state index >= 15 is 0 Å². The molecule has 236 valence electrons. The normalized spacial score (nSPS) is 11.9. The zero-order chi connectivity index (χ0) is 32.4. The van der Waals surface area contributed by atoms with Crippen LogP contribution in [0.4, 0.5) is 10.1 Å². The number of amides is 2. The first-order chi connectivity index (χ1) is 21.6. The highest BCUT2D eigenvalue weighted by atomic mass is 79.9. The van der Waals surface area contributed by atoms with Crippen molar-refractivity contribution in [3.63, 3.8) is 0 Å². The van der Waals surface area contributed by atoms with Crippen LogP contribution in [0, 0.1) is 5.82 Å². The standard InChI is InChI=1S/C34H34BrClFN3O4S/c1-2-3-19-38-34(42)32(21-25-11-6-4-7-12-25)39(23-26-13-10-14-27(35)20-26)33(41)24-40(28-17-18-31(37)30(36)22-28)45(43,44)29-15-8-5-9-16-29/h4-18,20,22,32H,2-3,19,21,23-24H2,1H3,(H,38,42). The molecule has 45 heavy (non-hydrogen) atoms. The quantitative estimate of drug-likeness (QED) is 0.143. The summed E-state index contributed by atoms with van der Waals surface area (Å²) < 4.78 is 43.8. The number of carbonyl (C=O) groups excluding carboxylic acids is 2. The molecule has 2 amide bonds. The van der Waals surface area contributed by atoms with Crippen LogP contribution < -0.4 is 9.62 Å². The Balaban J connectivity index is 1.80. The molecule has 0 aromatic heterocycles. The number of nitrogens with zero attached hydrogens (tertiary/aromatic N) is 2. The lowest BCUT2D eigenvalue weighted by atomic mass is 10.0. The number of nitrogens with one attached hydrogen (secondary N) is 1. The van der Waals surface area contributed by atoms with Crippen LogP contribution in [0.15, 0.2) is 112 Å². The number of hydrogen-bond acceptors (Lipinski definition) is 4. The van der Waals surface area contributed by atoms with Gasteiger partial charge in [-0.15, -0.1) is 0 Å². The molecule has 0 radical (unpaired) electrons. The van der Waals surface area contributed by atoms with Crippen molar-refractivity contribution in [2.45, 2.75) is 43.7 Å². The van der Waals surface area contributed by atoms with Crippen molar-refractivity contribution in [2.75, 3.05) is 17.4 Å². The Morgan fingerprint density at radius 3 is 2.22 bits per heavy atom. The first-order valence-electron chi connectivity index (χ1n) is 14.5. The van der Waals surface area contributed by atoms with E-state index in [1.807, 2.05) is 61.5 Å². The van der Waals surface area contributed by atoms with Gasteiger partial charge in [0.05, 0.1) is 15.6 Å². The van der Waals surface area contributed by atoms with E-state index in [4.69, 9.17) is 11.6 Å². The predicted octanol–water partition coefficient (Wildman–Crippen LogP) is 6.99. The highest BCUT2D eigenvalue weighted by Crippen LogP contribution is 2.28. The van der Waals surface area contributed by atoms with Crippen LogP contribution in [-0.2, 0) is 32.6 Å². The maximum absolute atomic E-state index is 14.4. The minimum Gasteiger partial charge on any atom is -0.354 e. The van der Waals surface area contributed by atoms with E-state index in [9.17, 15) is 22.4 Å². The molecule has 1 N–H and O–H groups in total. The average molecular weight is 715 g/mol. The number of unbranched alkanes of at least 4 members (excludes halogenated alkanes) is 1. The van der Waals surface area contributed by atoms with Crippen LogP contribution in [0.5, 0.6) is 0 Å². The van der Waals surface area contributed by atoms with Crippen molar-refractivity contribution in [2.24, 2.45) is 0 Å². The van der Waals surface area contributed by atoms with Gasteiger partial charge in [-0.1, -0.05) is 102 Å². The second-order valence-electron chi connectivity index (χ2n) is 10.4. The molecule has 0 heterocycles. The SMILES string of the molecule is CCCCNC(=O)C(Cc1ccccc1)N(Cc1cccc(Br)c1)C(=O)CN(c1ccc(F)c(Cl)c1)S(=O)(=O)c1ccccc1. The van der Waals surface area contributed by atoms with Crippen molar-refractivity contribution in [1.82, 2.24) is 10.2 Å². The van der Waals surface area contributed by atoms with Gasteiger partial charge in [-0.2, -0.15) is 0 Å². The molecular formula is C34H34BrClFN3O4S. The molecule has 0 saturated carbocycles. The summed E-state index contributed by atoms with van der Waals surface area (Å²) in [6.07, 6.45) is 1.83. The molecular weight excluding hydrogens is 681 g/mol. The van der Waals surface area contributed by atoms with Crippen LogP contribution in [0.2, 0.25) is 5.02 Å². The minimum absolute atomic E-state index is 0.00742. The first kappa shape index (κ1) is 34.1. The topological polar surface area (TPSA) is 86.8 Å². The van der Waals surface area contributed by atoms with Gasteiger partial charge >= 0.3 is 0 Å². The van der Waals surface area contributed by atoms with E-state index in [0.29, 0.717) is 6.54 Å². The first-order valence-corrected chi connectivity index (χ1v) is 17.1. The van der Waals surface area contributed by atoms with E-state index in [-0.39, 0.29) is 34.5 Å². The number of halogens is 3. The lowest BCUT2D eigenvalue weighted by Gasteiger charge is -2.34. The summed E-state index contributed by atoms with van der Waals surface area (Å²) in [5.41, 5.74) is 1.58. The van der Waals surface area contributed by atoms with Crippen LogP contribution in [0.1, 0.15) is 30.9 Å². The van der Waals surface area contributed by atoms with E-state index in [1.54, 1.807) is 18.2 Å². The number of sulfonamides is 1. The summed E-state index contributed by atoms with van der Waals surface area (Å²) in [6.45, 7) is 1.81. The third-order valence-electron chi connectivity index (χ3n) is 7.14. The lowest BCUT2D eigenvalue weighted by molar-refractivity contribution is -0.140. The van der Waals surface area contributed by atoms with Crippen LogP contribution in [-0.4, -0.2) is 44.3 Å². The van der Waals surface area contributed by atoms with Crippen molar-refractivity contribution in [3.05, 3.63) is 130 Å². The summed E-state index contributed by atoms with van der Waals surface area (Å²) in [5, 5.41) is 2.66. The number of benzene rings is 4. The second kappa shape index (κ2) is 16.0. The van der Waals surface area contributed by atoms with E-state index in [1.165, 1.54) is 29.2 Å². The Hall–Kier alpha value is -3.73. The van der Waals surface area contributed by atoms with Gasteiger partial charge in [0.15, 0.2) is 0 Å². The fourth-order valence-electron chi connectivity index (χ4n) is 4.78. The second-order valence-corrected chi connectivity index (χ2v) is 13.6. The van der Waals surface area contributed by atoms with Gasteiger partial charge in [-0.25, -0.2) is 12.8 Å². The van der Waals surface area contributed by atoms with Crippen LogP contribution >= 0.6 is 27.5 Å². The molecule has 4 aromatic rings. The van der Waals surface area contributed by atoms with Crippen molar-refractivity contribution in [1.29, 1.82) is 0 Å². The Bertz CT molecular complexity index is 1710. The van der Waals surface area contributed by atoms with Crippen molar-refractivity contribution < 1.29 is 22.4 Å². The number of carbonyl (C=O) groups is 2. The minimum atomic E-state index is -4.32. The third-order valence-corrected chi connectivity index (χ3v) is 9.71. The number of anilines is 1. The molecule has 0 aliphatic heterocycles. The van der Waals surface area contributed by atoms with Gasteiger partial charge in [0.25, 0.3) is 10.0 Å². The predicted molar refractivity (Wildman–Crippen MR) is 179 cm³/mol. The summed E-state index contributed by atoms with van der Waals surface area (Å²) in [7, 11) is -4.32. The number of rotatable bonds is 14. The van der Waals surface area contributed by atoms with Gasteiger partial charge in [0.1, 0.15) is 18.4 Å². The molecule has 7 nitrogen and oxygen atoms in total. The fourth-order valence-corrected chi connectivity index (χ4v) is 6.83. The van der Waals surface area contributed by atoms with Crippen LogP contribution in [0.25, 0.3) is 0 Å². The Morgan fingerprint density at radius 1 is 0.911 bits per heavy atom. The van der Waals surface area contributed by atoms with Gasteiger partial charge in [0, 0.05) is 24.0 Å². The third kappa shape index (κ3) is 9.15. The van der Waals surface area contributed by atoms with Gasteiger partial charge < -0.3 is 10.2 Å². The Morgan fingerprint density at radius 2 is 1.58 bits per heavy atom. The van der Waals surface area contributed by atoms with E-state index in [2.05, 4.69) is 21.2 Å². The monoisotopic (exact) mass is 713 g/mol. The molecule has 4 rings (SSSR count). The lowest BCUT2D eigenvalue weighted by Crippen LogP contribution is -2.53. The van der Waals surface area contributed by atoms with Crippen LogP contribution in [0.3, 0.4) is 0 Å². The molecule has 0 aliphatic rings. The molecule has 0 bridgehead atoms. The molecule has 0 aliphatic carbocycles. The van der Waals surface area contributed by atoms with E-state index in [0.717, 1.165) is 38.8 Å². The zero-order valence-corrected chi connectivity index (χ0v) is 27.9. The van der Waals surface area contributed by atoms with E-state index < -0.39 is 34.3 Å². The van der Waals surface area contributed by atoms with Gasteiger partial charge in [0.2, 0.25) is 11.8 Å². The summed E-state index contributed by atoms with van der Waals surface area (Å²) in [6, 6.07) is 26.8. The smallest absolute Gasteiger partial charge is 0.264 e. The Kier molecular flexibility index (Phi) is 12.2. The average Bonchev–Trinajstić information content (AvgIpc) is 3.03. The zero-order valence-electron chi connectivity index (χ0n) is 24.7. The number of hydrogen-bond donors (Lipinski definition) is 1. The van der Waals surface area contributed by atoms with Crippen molar-refractivity contribution >= 4 is 55.1 Å². The molecule has 1 unspecified atom stereocenters. The van der Waals surface area contributed by atoms with Crippen molar-refractivity contribution in [3.8, 4) is 0 Å². The maximum Gasteiger partial charge on any atom is 0.264 e. The van der Waals surface area contributed by atoms with Gasteiger partial charge in [-0.3, -0.25) is 13.9 Å². The molecule has 0 saturated heterocycles. The summed E-state index contributed by atoms with van der Waals surface area (Å²) >= 11 is 9.54. The largest absolute Gasteiger partial charge is 0.354 e. The molecule has 4 aromatic carbocycles. The summed E-state index contributed by atoms with van der Waals surface area (Å²) in [5.74, 6) is -1.70. The maximum atomic E-state index is 14.4. The highest BCUT2D eigenvalue weighted by molar-refractivity contribution is 9.10. The molecule has 1 atom stereocenters. The highest BCUT2D eigenvalue weighted by Gasteiger charge is 2.34. The summed E-state index contributed by atoms with van der Waals surface area (Å²) in [4.78, 5) is 29.6. The molecule has 0 spiro atoms. The van der Waals surface area contributed by atoms with Gasteiger partial charge in [-0.05, 0) is 60.0 Å². The fraction of sp³-hybridized carbons (Fsp3) is 0.235. The Labute approximate surface area is 277 Å². The molecule has 11 heteroatoms. The molecule has 0 fully saturated rings.